The second-order valence-corrected chi connectivity index (χ2v) is 6.54. The number of benzene rings is 1. The Morgan fingerprint density at radius 3 is 2.29 bits per heavy atom. The molecule has 0 aliphatic carbocycles. The van der Waals surface area contributed by atoms with Gasteiger partial charge < -0.3 is 4.74 Å². The molecule has 0 aliphatic rings. The number of aromatic nitrogens is 1. The number of hydrogen-bond donors (Lipinski definition) is 0. The summed E-state index contributed by atoms with van der Waals surface area (Å²) in [6.45, 7) is 3.50. The van der Waals surface area contributed by atoms with Crippen molar-refractivity contribution < 1.29 is 17.9 Å². The Hall–Kier alpha value is -2.21. The zero-order valence-corrected chi connectivity index (χ0v) is 12.8. The van der Waals surface area contributed by atoms with E-state index < -0.39 is 15.8 Å². The summed E-state index contributed by atoms with van der Waals surface area (Å²) in [5.74, 6) is -0.596. The smallest absolute Gasteiger partial charge is 0.338 e. The lowest BCUT2D eigenvalue weighted by atomic mass is 10.2. The standard InChI is InChI=1S/C15H15NO4S/c1-10-4-6-13(7-5-10)21(18,19)14-9-12(15(17)20-3)8-11(2)16-14/h4-9H,1-3H3. The van der Waals surface area contributed by atoms with Crippen LogP contribution in [0.5, 0.6) is 0 Å². The third kappa shape index (κ3) is 3.11. The Kier molecular flexibility index (Phi) is 4.09. The van der Waals surface area contributed by atoms with Gasteiger partial charge in [-0.3, -0.25) is 0 Å². The highest BCUT2D eigenvalue weighted by atomic mass is 32.2. The molecule has 0 saturated heterocycles. The Morgan fingerprint density at radius 2 is 1.71 bits per heavy atom. The maximum Gasteiger partial charge on any atom is 0.338 e. The normalized spacial score (nSPS) is 11.2. The summed E-state index contributed by atoms with van der Waals surface area (Å²) in [5.41, 5.74) is 1.56. The summed E-state index contributed by atoms with van der Waals surface area (Å²) in [5, 5.41) is -0.160. The number of ether oxygens (including phenoxy) is 1. The molecule has 1 heterocycles. The van der Waals surface area contributed by atoms with Crippen LogP contribution in [0, 0.1) is 13.8 Å². The van der Waals surface area contributed by atoms with E-state index in [1.54, 1.807) is 19.1 Å². The quantitative estimate of drug-likeness (QED) is 0.814. The highest BCUT2D eigenvalue weighted by molar-refractivity contribution is 7.91. The van der Waals surface area contributed by atoms with Gasteiger partial charge in [0, 0.05) is 5.69 Å². The predicted molar refractivity (Wildman–Crippen MR) is 76.9 cm³/mol. The molecule has 110 valence electrons. The summed E-state index contributed by atoms with van der Waals surface area (Å²) in [6.07, 6.45) is 0. The van der Waals surface area contributed by atoms with Crippen molar-refractivity contribution in [1.82, 2.24) is 4.98 Å². The number of sulfone groups is 1. The van der Waals surface area contributed by atoms with E-state index in [1.165, 1.54) is 31.4 Å². The van der Waals surface area contributed by atoms with Crippen molar-refractivity contribution in [3.05, 3.63) is 53.2 Å². The zero-order valence-electron chi connectivity index (χ0n) is 12.0. The van der Waals surface area contributed by atoms with Gasteiger partial charge in [0.25, 0.3) is 0 Å². The molecule has 0 spiro atoms. The second-order valence-electron chi connectivity index (χ2n) is 4.64. The summed E-state index contributed by atoms with van der Waals surface area (Å²) in [6, 6.07) is 9.18. The molecule has 1 aromatic heterocycles. The van der Waals surface area contributed by atoms with Crippen molar-refractivity contribution in [2.24, 2.45) is 0 Å². The van der Waals surface area contributed by atoms with Gasteiger partial charge in [-0.1, -0.05) is 17.7 Å². The van der Waals surface area contributed by atoms with E-state index in [4.69, 9.17) is 0 Å². The van der Waals surface area contributed by atoms with Crippen LogP contribution in [-0.4, -0.2) is 26.5 Å². The average molecular weight is 305 g/mol. The molecule has 6 heteroatoms. The van der Waals surface area contributed by atoms with Gasteiger partial charge in [-0.15, -0.1) is 0 Å². The monoisotopic (exact) mass is 305 g/mol. The molecule has 0 atom stereocenters. The molecule has 0 bridgehead atoms. The molecule has 0 unspecified atom stereocenters. The molecule has 0 amide bonds. The van der Waals surface area contributed by atoms with Crippen LogP contribution < -0.4 is 0 Å². The summed E-state index contributed by atoms with van der Waals surface area (Å²) in [4.78, 5) is 15.7. The number of carbonyl (C=O) groups is 1. The van der Waals surface area contributed by atoms with E-state index in [0.29, 0.717) is 5.69 Å². The fourth-order valence-electron chi connectivity index (χ4n) is 1.85. The molecular formula is C15H15NO4S. The van der Waals surface area contributed by atoms with Crippen LogP contribution in [0.2, 0.25) is 0 Å². The van der Waals surface area contributed by atoms with Gasteiger partial charge >= 0.3 is 5.97 Å². The van der Waals surface area contributed by atoms with Gasteiger partial charge in [-0.25, -0.2) is 18.2 Å². The zero-order chi connectivity index (χ0) is 15.6. The summed E-state index contributed by atoms with van der Waals surface area (Å²) >= 11 is 0. The maximum atomic E-state index is 12.5. The minimum atomic E-state index is -3.76. The lowest BCUT2D eigenvalue weighted by Crippen LogP contribution is -2.09. The molecule has 0 N–H and O–H groups in total. The van der Waals surface area contributed by atoms with Crippen molar-refractivity contribution in [3.8, 4) is 0 Å². The maximum absolute atomic E-state index is 12.5. The molecule has 0 radical (unpaired) electrons. The SMILES string of the molecule is COC(=O)c1cc(C)nc(S(=O)(=O)c2ccc(C)cc2)c1. The van der Waals surface area contributed by atoms with Crippen molar-refractivity contribution >= 4 is 15.8 Å². The van der Waals surface area contributed by atoms with Crippen molar-refractivity contribution in [2.75, 3.05) is 7.11 Å². The first-order chi connectivity index (χ1) is 9.84. The number of pyridine rings is 1. The van der Waals surface area contributed by atoms with E-state index in [9.17, 15) is 13.2 Å². The molecule has 21 heavy (non-hydrogen) atoms. The largest absolute Gasteiger partial charge is 0.465 e. The molecular weight excluding hydrogens is 290 g/mol. The topological polar surface area (TPSA) is 73.3 Å². The van der Waals surface area contributed by atoms with E-state index in [-0.39, 0.29) is 15.5 Å². The van der Waals surface area contributed by atoms with Crippen LogP contribution in [-0.2, 0) is 14.6 Å². The van der Waals surface area contributed by atoms with Gasteiger partial charge in [0.2, 0.25) is 9.84 Å². The van der Waals surface area contributed by atoms with Gasteiger partial charge in [-0.2, -0.15) is 0 Å². The molecule has 0 saturated carbocycles. The van der Waals surface area contributed by atoms with E-state index in [2.05, 4.69) is 9.72 Å². The van der Waals surface area contributed by atoms with Crippen LogP contribution in [0.4, 0.5) is 0 Å². The first-order valence-corrected chi connectivity index (χ1v) is 7.71. The molecule has 1 aromatic carbocycles. The highest BCUT2D eigenvalue weighted by Gasteiger charge is 2.21. The minimum Gasteiger partial charge on any atom is -0.465 e. The Bertz CT molecular complexity index is 780. The number of esters is 1. The van der Waals surface area contributed by atoms with E-state index >= 15 is 0 Å². The number of carbonyl (C=O) groups excluding carboxylic acids is 1. The summed E-state index contributed by atoms with van der Waals surface area (Å²) in [7, 11) is -2.52. The van der Waals surface area contributed by atoms with Gasteiger partial charge in [0.05, 0.1) is 17.6 Å². The Balaban J connectivity index is 2.57. The van der Waals surface area contributed by atoms with Gasteiger partial charge in [-0.05, 0) is 38.1 Å². The van der Waals surface area contributed by atoms with Crippen LogP contribution >= 0.6 is 0 Å². The Morgan fingerprint density at radius 1 is 1.10 bits per heavy atom. The molecule has 0 aliphatic heterocycles. The van der Waals surface area contributed by atoms with Crippen LogP contribution in [0.3, 0.4) is 0 Å². The van der Waals surface area contributed by atoms with Crippen LogP contribution in [0.25, 0.3) is 0 Å². The lowest BCUT2D eigenvalue weighted by molar-refractivity contribution is 0.0600. The molecule has 2 aromatic rings. The number of hydrogen-bond acceptors (Lipinski definition) is 5. The summed E-state index contributed by atoms with van der Waals surface area (Å²) < 4.78 is 29.7. The average Bonchev–Trinajstić information content (AvgIpc) is 2.46. The third-order valence-electron chi connectivity index (χ3n) is 2.96. The van der Waals surface area contributed by atoms with Crippen LogP contribution in [0.1, 0.15) is 21.6 Å². The van der Waals surface area contributed by atoms with Crippen LogP contribution in [0.15, 0.2) is 46.3 Å². The number of rotatable bonds is 3. The molecule has 2 rings (SSSR count). The second kappa shape index (κ2) is 5.65. The lowest BCUT2D eigenvalue weighted by Gasteiger charge is -2.07. The van der Waals surface area contributed by atoms with Crippen molar-refractivity contribution in [3.63, 3.8) is 0 Å². The van der Waals surface area contributed by atoms with E-state index in [0.717, 1.165) is 5.56 Å². The first-order valence-electron chi connectivity index (χ1n) is 6.23. The Labute approximate surface area is 123 Å². The van der Waals surface area contributed by atoms with Crippen molar-refractivity contribution in [1.29, 1.82) is 0 Å². The van der Waals surface area contributed by atoms with Crippen molar-refractivity contribution in [2.45, 2.75) is 23.8 Å². The molecule has 5 nitrogen and oxygen atoms in total. The third-order valence-corrected chi connectivity index (χ3v) is 4.61. The number of methoxy groups -OCH3 is 1. The van der Waals surface area contributed by atoms with Gasteiger partial charge in [0.1, 0.15) is 0 Å². The number of aryl methyl sites for hydroxylation is 2. The molecule has 0 fully saturated rings. The number of nitrogens with zero attached hydrogens (tertiary/aromatic N) is 1. The fourth-order valence-corrected chi connectivity index (χ4v) is 3.13. The fraction of sp³-hybridized carbons (Fsp3) is 0.200. The minimum absolute atomic E-state index is 0.141. The first kappa shape index (κ1) is 15.2. The van der Waals surface area contributed by atoms with E-state index in [1.807, 2.05) is 6.92 Å². The predicted octanol–water partition coefficient (Wildman–Crippen LogP) is 2.32. The van der Waals surface area contributed by atoms with Gasteiger partial charge in [0.15, 0.2) is 5.03 Å². The highest BCUT2D eigenvalue weighted by Crippen LogP contribution is 2.21.